The first-order valence-corrected chi connectivity index (χ1v) is 7.26. The van der Waals surface area contributed by atoms with Gasteiger partial charge in [-0.2, -0.15) is 5.10 Å². The molecule has 5 heteroatoms. The van der Waals surface area contributed by atoms with Crippen LogP contribution in [0.4, 0.5) is 0 Å². The van der Waals surface area contributed by atoms with Crippen LogP contribution in [-0.2, 0) is 18.3 Å². The van der Waals surface area contributed by atoms with Gasteiger partial charge in [-0.1, -0.05) is 12.8 Å². The molecule has 1 aliphatic rings. The van der Waals surface area contributed by atoms with Gasteiger partial charge in [0.05, 0.1) is 15.9 Å². The topological polar surface area (TPSA) is 60.9 Å². The maximum Gasteiger partial charge on any atom is 0.143 e. The molecule has 2 N–H and O–H groups in total. The fourth-order valence-electron chi connectivity index (χ4n) is 2.73. The van der Waals surface area contributed by atoms with Gasteiger partial charge in [0, 0.05) is 25.4 Å². The summed E-state index contributed by atoms with van der Waals surface area (Å²) in [5.74, 6) is 0.284. The van der Waals surface area contributed by atoms with Gasteiger partial charge < -0.3 is 5.73 Å². The van der Waals surface area contributed by atoms with Crippen LogP contribution in [0.15, 0.2) is 4.47 Å². The highest BCUT2D eigenvalue weighted by molar-refractivity contribution is 9.10. The third-order valence-corrected chi connectivity index (χ3v) is 4.87. The fourth-order valence-corrected chi connectivity index (χ4v) is 3.20. The van der Waals surface area contributed by atoms with E-state index in [1.807, 2.05) is 14.0 Å². The van der Waals surface area contributed by atoms with Crippen molar-refractivity contribution in [3.63, 3.8) is 0 Å². The Bertz CT molecular complexity index is 455. The van der Waals surface area contributed by atoms with E-state index in [2.05, 4.69) is 21.0 Å². The van der Waals surface area contributed by atoms with Crippen LogP contribution >= 0.6 is 15.9 Å². The first kappa shape index (κ1) is 13.7. The van der Waals surface area contributed by atoms with Gasteiger partial charge in [0.2, 0.25) is 0 Å². The van der Waals surface area contributed by atoms with Crippen molar-refractivity contribution in [1.82, 2.24) is 9.78 Å². The Hall–Kier alpha value is -0.680. The Balaban J connectivity index is 2.11. The zero-order valence-corrected chi connectivity index (χ0v) is 12.5. The minimum atomic E-state index is 0.0286. The summed E-state index contributed by atoms with van der Waals surface area (Å²) < 4.78 is 2.73. The summed E-state index contributed by atoms with van der Waals surface area (Å²) in [6.07, 6.45) is 4.61. The molecule has 2 unspecified atom stereocenters. The Morgan fingerprint density at radius 1 is 1.50 bits per heavy atom. The molecule has 0 aliphatic heterocycles. The largest absolute Gasteiger partial charge is 0.327 e. The van der Waals surface area contributed by atoms with Crippen LogP contribution < -0.4 is 5.73 Å². The molecular formula is C13H20BrN3O. The standard InChI is InChI=1S/C13H20BrN3O/c1-8-13(14)11(17(2)16-8)7-12(18)9-5-3-4-6-10(9)15/h9-10H,3-7,15H2,1-2H3. The molecule has 0 aromatic carbocycles. The van der Waals surface area contributed by atoms with Gasteiger partial charge in [0.25, 0.3) is 0 Å². The second-order valence-corrected chi connectivity index (χ2v) is 5.96. The number of Topliss-reactive ketones (excluding diaryl/α,β-unsaturated/α-hetero) is 1. The van der Waals surface area contributed by atoms with Gasteiger partial charge in [-0.3, -0.25) is 9.48 Å². The molecule has 1 heterocycles. The minimum Gasteiger partial charge on any atom is -0.327 e. The SMILES string of the molecule is Cc1nn(C)c(CC(=O)C2CCCCC2N)c1Br. The fraction of sp³-hybridized carbons (Fsp3) is 0.692. The van der Waals surface area contributed by atoms with E-state index in [1.54, 1.807) is 4.68 Å². The molecule has 0 amide bonds. The van der Waals surface area contributed by atoms with Crippen molar-refractivity contribution in [1.29, 1.82) is 0 Å². The van der Waals surface area contributed by atoms with Crippen LogP contribution in [0.2, 0.25) is 0 Å². The molecule has 1 aromatic rings. The van der Waals surface area contributed by atoms with Gasteiger partial charge in [0.1, 0.15) is 5.78 Å². The molecule has 2 atom stereocenters. The quantitative estimate of drug-likeness (QED) is 0.929. The molecule has 1 aliphatic carbocycles. The number of nitrogens with two attached hydrogens (primary N) is 1. The maximum absolute atomic E-state index is 12.3. The van der Waals surface area contributed by atoms with E-state index in [0.717, 1.165) is 41.5 Å². The van der Waals surface area contributed by atoms with Crippen LogP contribution in [0, 0.1) is 12.8 Å². The molecule has 0 radical (unpaired) electrons. The van der Waals surface area contributed by atoms with Crippen molar-refractivity contribution in [3.8, 4) is 0 Å². The Labute approximate surface area is 116 Å². The molecule has 1 saturated carbocycles. The van der Waals surface area contributed by atoms with E-state index in [-0.39, 0.29) is 17.7 Å². The molecule has 100 valence electrons. The highest BCUT2D eigenvalue weighted by Crippen LogP contribution is 2.27. The second-order valence-electron chi connectivity index (χ2n) is 5.17. The first-order valence-electron chi connectivity index (χ1n) is 6.47. The average molecular weight is 314 g/mol. The molecule has 0 spiro atoms. The molecule has 1 fully saturated rings. The summed E-state index contributed by atoms with van der Waals surface area (Å²) >= 11 is 3.50. The van der Waals surface area contributed by atoms with Gasteiger partial charge >= 0.3 is 0 Å². The normalized spacial score (nSPS) is 24.2. The Morgan fingerprint density at radius 3 is 2.72 bits per heavy atom. The average Bonchev–Trinajstić information content (AvgIpc) is 2.56. The predicted molar refractivity (Wildman–Crippen MR) is 74.3 cm³/mol. The predicted octanol–water partition coefficient (Wildman–Crippen LogP) is 2.12. The number of halogens is 1. The van der Waals surface area contributed by atoms with E-state index in [1.165, 1.54) is 0 Å². The number of carbonyl (C=O) groups excluding carboxylic acids is 1. The molecule has 2 rings (SSSR count). The highest BCUT2D eigenvalue weighted by Gasteiger charge is 2.29. The van der Waals surface area contributed by atoms with E-state index >= 15 is 0 Å². The molecular weight excluding hydrogens is 294 g/mol. The second kappa shape index (κ2) is 5.53. The number of hydrogen-bond donors (Lipinski definition) is 1. The van der Waals surface area contributed by atoms with Crippen LogP contribution in [0.5, 0.6) is 0 Å². The smallest absolute Gasteiger partial charge is 0.143 e. The number of ketones is 1. The van der Waals surface area contributed by atoms with E-state index in [0.29, 0.717) is 6.42 Å². The molecule has 0 bridgehead atoms. The van der Waals surface area contributed by atoms with E-state index < -0.39 is 0 Å². The summed E-state index contributed by atoms with van der Waals surface area (Å²) in [6, 6.07) is 0.0411. The lowest BCUT2D eigenvalue weighted by atomic mass is 9.81. The van der Waals surface area contributed by atoms with Crippen LogP contribution in [0.1, 0.15) is 37.1 Å². The van der Waals surface area contributed by atoms with Gasteiger partial charge in [-0.25, -0.2) is 0 Å². The number of carbonyl (C=O) groups is 1. The number of rotatable bonds is 3. The third-order valence-electron chi connectivity index (χ3n) is 3.84. The van der Waals surface area contributed by atoms with Gasteiger partial charge in [-0.05, 0) is 35.7 Å². The zero-order valence-electron chi connectivity index (χ0n) is 10.9. The van der Waals surface area contributed by atoms with Gasteiger partial charge in [0.15, 0.2) is 0 Å². The summed E-state index contributed by atoms with van der Waals surface area (Å²) in [6.45, 7) is 1.93. The monoisotopic (exact) mass is 313 g/mol. The number of aryl methyl sites for hydroxylation is 2. The highest BCUT2D eigenvalue weighted by atomic mass is 79.9. The number of nitrogens with zero attached hydrogens (tertiary/aromatic N) is 2. The van der Waals surface area contributed by atoms with Crippen molar-refractivity contribution in [2.24, 2.45) is 18.7 Å². The van der Waals surface area contributed by atoms with E-state index in [4.69, 9.17) is 5.73 Å². The molecule has 0 saturated heterocycles. The zero-order chi connectivity index (χ0) is 13.3. The van der Waals surface area contributed by atoms with Crippen molar-refractivity contribution in [2.75, 3.05) is 0 Å². The number of hydrogen-bond acceptors (Lipinski definition) is 3. The van der Waals surface area contributed by atoms with Crippen molar-refractivity contribution < 1.29 is 4.79 Å². The summed E-state index contributed by atoms with van der Waals surface area (Å²) in [7, 11) is 1.88. The lowest BCUT2D eigenvalue weighted by molar-refractivity contribution is -0.123. The first-order chi connectivity index (χ1) is 8.50. The van der Waals surface area contributed by atoms with E-state index in [9.17, 15) is 4.79 Å². The van der Waals surface area contributed by atoms with Gasteiger partial charge in [-0.15, -0.1) is 0 Å². The summed E-state index contributed by atoms with van der Waals surface area (Å²) in [5.41, 5.74) is 7.94. The Morgan fingerprint density at radius 2 is 2.17 bits per heavy atom. The van der Waals surface area contributed by atoms with Crippen LogP contribution in [0.25, 0.3) is 0 Å². The molecule has 18 heavy (non-hydrogen) atoms. The van der Waals surface area contributed by atoms with Crippen molar-refractivity contribution in [3.05, 3.63) is 15.9 Å². The van der Waals surface area contributed by atoms with Crippen LogP contribution in [-0.4, -0.2) is 21.6 Å². The minimum absolute atomic E-state index is 0.0286. The maximum atomic E-state index is 12.3. The summed E-state index contributed by atoms with van der Waals surface area (Å²) in [5, 5.41) is 4.31. The third kappa shape index (κ3) is 2.67. The summed E-state index contributed by atoms with van der Waals surface area (Å²) in [4.78, 5) is 12.3. The lowest BCUT2D eigenvalue weighted by Gasteiger charge is -2.27. The lowest BCUT2D eigenvalue weighted by Crippen LogP contribution is -2.38. The molecule has 1 aromatic heterocycles. The number of aromatic nitrogens is 2. The van der Waals surface area contributed by atoms with Crippen molar-refractivity contribution in [2.45, 2.75) is 45.1 Å². The van der Waals surface area contributed by atoms with Crippen molar-refractivity contribution >= 4 is 21.7 Å². The molecule has 4 nitrogen and oxygen atoms in total. The van der Waals surface area contributed by atoms with Crippen LogP contribution in [0.3, 0.4) is 0 Å². The Kier molecular flexibility index (Phi) is 4.22.